The lowest BCUT2D eigenvalue weighted by Crippen LogP contribution is -2.51. The number of nitrogens with one attached hydrogen (secondary N) is 1. The fraction of sp³-hybridized carbons (Fsp3) is 0.548. The van der Waals surface area contributed by atoms with Crippen LogP contribution >= 0.6 is 12.2 Å². The largest absolute Gasteiger partial charge is 0.477 e. The van der Waals surface area contributed by atoms with Crippen LogP contribution in [-0.4, -0.2) is 51.4 Å². The number of aromatic nitrogens is 3. The third kappa shape index (κ3) is 8.95. The number of piperidine rings is 1. The van der Waals surface area contributed by atoms with E-state index in [2.05, 4.69) is 53.6 Å². The summed E-state index contributed by atoms with van der Waals surface area (Å²) in [6.45, 7) is 18.1. The Hall–Kier alpha value is -3.68. The third-order valence-corrected chi connectivity index (χ3v) is 8.57. The molecule has 1 atom stereocenters. The normalized spacial score (nSPS) is 18.7. The molecule has 2 aliphatic rings. The van der Waals surface area contributed by atoms with Gasteiger partial charge in [-0.25, -0.2) is 9.67 Å². The minimum absolute atomic E-state index is 0.0297. The van der Waals surface area contributed by atoms with Crippen LogP contribution in [0.3, 0.4) is 0 Å². The van der Waals surface area contributed by atoms with Crippen LogP contribution in [0.25, 0.3) is 5.82 Å². The number of alkyl halides is 3. The Morgan fingerprint density at radius 1 is 1.27 bits per heavy atom. The van der Waals surface area contributed by atoms with Crippen molar-refractivity contribution < 1.29 is 26.9 Å². The summed E-state index contributed by atoms with van der Waals surface area (Å²) in [6.07, 6.45) is 1.85. The Bertz CT molecular complexity index is 1370. The number of pyridine rings is 1. The molecule has 2 aromatic heterocycles. The quantitative estimate of drug-likeness (QED) is 0.108. The van der Waals surface area contributed by atoms with Crippen molar-refractivity contribution in [3.8, 4) is 11.7 Å². The number of nitrogens with two attached hydrogens (primary N) is 1. The molecule has 1 aliphatic heterocycles. The first-order valence-corrected chi connectivity index (χ1v) is 15.9. The number of aliphatic imine (C=N–C) groups is 1. The van der Waals surface area contributed by atoms with Crippen molar-refractivity contribution in [3.05, 3.63) is 55.0 Å². The summed E-state index contributed by atoms with van der Waals surface area (Å²) in [4.78, 5) is 24.3. The van der Waals surface area contributed by atoms with Crippen molar-refractivity contribution in [3.63, 3.8) is 0 Å². The molecule has 10 nitrogen and oxygen atoms in total. The molecule has 1 aliphatic carbocycles. The second kappa shape index (κ2) is 15.1. The summed E-state index contributed by atoms with van der Waals surface area (Å²) in [7, 11) is 0. The predicted molar refractivity (Wildman–Crippen MR) is 172 cm³/mol. The van der Waals surface area contributed by atoms with Gasteiger partial charge in [-0.1, -0.05) is 40.3 Å². The lowest BCUT2D eigenvalue weighted by molar-refractivity contribution is -0.190. The van der Waals surface area contributed by atoms with E-state index in [-0.39, 0.29) is 49.0 Å². The number of carbonyl (C=O) groups is 1. The topological polar surface area (TPSA) is 120 Å². The van der Waals surface area contributed by atoms with Gasteiger partial charge in [0.2, 0.25) is 11.8 Å². The summed E-state index contributed by atoms with van der Waals surface area (Å²) in [6, 6.07) is 4.88. The van der Waals surface area contributed by atoms with Crippen LogP contribution < -0.4 is 20.1 Å². The number of anilines is 1. The number of rotatable bonds is 12. The van der Waals surface area contributed by atoms with Gasteiger partial charge in [0.15, 0.2) is 18.0 Å². The molecule has 1 saturated carbocycles. The third-order valence-electron chi connectivity index (χ3n) is 8.05. The van der Waals surface area contributed by atoms with E-state index in [4.69, 9.17) is 19.6 Å². The van der Waals surface area contributed by atoms with Crippen LogP contribution in [0.4, 0.5) is 19.0 Å². The average Bonchev–Trinajstić information content (AvgIpc) is 3.66. The van der Waals surface area contributed by atoms with Gasteiger partial charge in [0.25, 0.3) is 5.91 Å². The summed E-state index contributed by atoms with van der Waals surface area (Å²) < 4.78 is 54.8. The highest BCUT2D eigenvalue weighted by atomic mass is 32.2. The molecular formula is C31H44F3N7O3S. The average molecular weight is 652 g/mol. The number of ether oxygens (including phenoxy) is 1. The second-order valence-electron chi connectivity index (χ2n) is 11.5. The van der Waals surface area contributed by atoms with Gasteiger partial charge in [-0.05, 0) is 70.1 Å². The SMILES string of the molecule is C=C/C(=N\C(=C)N)OSNC(=O)c1ccc(-n2ccc(OCCC3(C(F)(F)F)CC3)n2)nc1N1CC(CC)CCC1(C)C.CC. The highest BCUT2D eigenvalue weighted by Gasteiger charge is 2.62. The van der Waals surface area contributed by atoms with Gasteiger partial charge in [-0.15, -0.1) is 5.10 Å². The molecule has 248 valence electrons. The number of carbonyl (C=O) groups excluding carboxylic acids is 1. The number of halogens is 3. The molecule has 3 N–H and O–H groups in total. The van der Waals surface area contributed by atoms with E-state index in [1.54, 1.807) is 24.4 Å². The molecule has 0 spiro atoms. The van der Waals surface area contributed by atoms with Crippen molar-refractivity contribution in [2.45, 2.75) is 84.9 Å². The number of hydrogen-bond donors (Lipinski definition) is 2. The van der Waals surface area contributed by atoms with Gasteiger partial charge in [0.05, 0.1) is 17.6 Å². The molecule has 14 heteroatoms. The molecule has 0 radical (unpaired) electrons. The van der Waals surface area contributed by atoms with Crippen LogP contribution in [0.2, 0.25) is 0 Å². The predicted octanol–water partition coefficient (Wildman–Crippen LogP) is 7.13. The maximum atomic E-state index is 13.4. The molecule has 2 aromatic rings. The van der Waals surface area contributed by atoms with Gasteiger partial charge >= 0.3 is 6.18 Å². The zero-order chi connectivity index (χ0) is 33.4. The molecule has 1 amide bonds. The van der Waals surface area contributed by atoms with Gasteiger partial charge < -0.3 is 19.6 Å². The standard InChI is InChI=1S/C29H38F3N7O3S.C2H6/c1-6-20-10-12-27(4,5)38(18-20)25-21(26(40)37-43-42-23(7-2)34-19(3)33)8-9-22(35-25)39-16-11-24(36-39)41-17-15-28(13-14-28)29(30,31)32;1-2/h7-9,11,16,20H,2-3,6,10,12-15,17-18,33H2,1,4-5H3,(H,37,40);1-2H3/b34-23+;. The molecular weight excluding hydrogens is 607 g/mol. The minimum Gasteiger partial charge on any atom is -0.477 e. The Morgan fingerprint density at radius 2 is 1.98 bits per heavy atom. The van der Waals surface area contributed by atoms with E-state index in [9.17, 15) is 18.0 Å². The Morgan fingerprint density at radius 3 is 2.58 bits per heavy atom. The maximum Gasteiger partial charge on any atom is 0.394 e. The molecule has 0 aromatic carbocycles. The van der Waals surface area contributed by atoms with Crippen molar-refractivity contribution in [2.75, 3.05) is 18.1 Å². The van der Waals surface area contributed by atoms with Gasteiger partial charge in [0, 0.05) is 24.3 Å². The molecule has 1 saturated heterocycles. The van der Waals surface area contributed by atoms with E-state index < -0.39 is 17.5 Å². The fourth-order valence-electron chi connectivity index (χ4n) is 5.03. The Balaban J connectivity index is 0.00000271. The highest BCUT2D eigenvalue weighted by Crippen LogP contribution is 2.59. The number of amides is 1. The molecule has 3 heterocycles. The zero-order valence-electron chi connectivity index (χ0n) is 26.6. The number of nitrogens with zero attached hydrogens (tertiary/aromatic N) is 5. The van der Waals surface area contributed by atoms with Gasteiger partial charge in [0.1, 0.15) is 11.6 Å². The smallest absolute Gasteiger partial charge is 0.394 e. The minimum atomic E-state index is -4.23. The lowest BCUT2D eigenvalue weighted by atomic mass is 9.83. The monoisotopic (exact) mass is 651 g/mol. The van der Waals surface area contributed by atoms with Crippen LogP contribution in [0.5, 0.6) is 5.88 Å². The van der Waals surface area contributed by atoms with Gasteiger partial charge in [-0.2, -0.15) is 18.2 Å². The van der Waals surface area contributed by atoms with Crippen LogP contribution in [-0.2, 0) is 4.18 Å². The van der Waals surface area contributed by atoms with E-state index in [0.29, 0.717) is 41.9 Å². The van der Waals surface area contributed by atoms with Crippen LogP contribution in [0.1, 0.15) is 83.5 Å². The van der Waals surface area contributed by atoms with Crippen molar-refractivity contribution in [1.82, 2.24) is 19.5 Å². The first kappa shape index (κ1) is 35.8. The summed E-state index contributed by atoms with van der Waals surface area (Å²) in [5.74, 6) is 1.20. The van der Waals surface area contributed by atoms with E-state index in [1.807, 2.05) is 13.8 Å². The number of hydrogen-bond acceptors (Lipinski definition) is 9. The van der Waals surface area contributed by atoms with Crippen molar-refractivity contribution in [2.24, 2.45) is 22.1 Å². The molecule has 45 heavy (non-hydrogen) atoms. The Kier molecular flexibility index (Phi) is 12.0. The lowest BCUT2D eigenvalue weighted by Gasteiger charge is -2.47. The molecule has 1 unspecified atom stereocenters. The molecule has 4 rings (SSSR count). The van der Waals surface area contributed by atoms with E-state index in [1.165, 1.54) is 10.8 Å². The fourth-order valence-corrected chi connectivity index (χ4v) is 5.45. The summed E-state index contributed by atoms with van der Waals surface area (Å²) in [5.41, 5.74) is 3.90. The second-order valence-corrected chi connectivity index (χ2v) is 12.0. The van der Waals surface area contributed by atoms with Crippen LogP contribution in [0, 0.1) is 11.3 Å². The van der Waals surface area contributed by atoms with Crippen molar-refractivity contribution >= 4 is 29.9 Å². The first-order chi connectivity index (χ1) is 21.3. The summed E-state index contributed by atoms with van der Waals surface area (Å²) >= 11 is 0.661. The van der Waals surface area contributed by atoms with E-state index in [0.717, 1.165) is 19.3 Å². The maximum absolute atomic E-state index is 13.4. The Labute approximate surface area is 267 Å². The van der Waals surface area contributed by atoms with Crippen LogP contribution in [0.15, 0.2) is 54.4 Å². The summed E-state index contributed by atoms with van der Waals surface area (Å²) in [5, 5.41) is 4.38. The highest BCUT2D eigenvalue weighted by molar-refractivity contribution is 7.93. The van der Waals surface area contributed by atoms with E-state index >= 15 is 0 Å². The molecule has 2 fully saturated rings. The first-order valence-electron chi connectivity index (χ1n) is 15.1. The van der Waals surface area contributed by atoms with Crippen molar-refractivity contribution in [1.29, 1.82) is 0 Å². The van der Waals surface area contributed by atoms with Gasteiger partial charge in [-0.3, -0.25) is 9.52 Å². The molecule has 0 bridgehead atoms. The zero-order valence-corrected chi connectivity index (χ0v) is 27.4.